The zero-order valence-corrected chi connectivity index (χ0v) is 11.6. The lowest BCUT2D eigenvalue weighted by atomic mass is 9.95. The quantitative estimate of drug-likeness (QED) is 0.867. The minimum atomic E-state index is -0.739. The molecule has 0 radical (unpaired) electrons. The molecule has 0 spiro atoms. The highest BCUT2D eigenvalue weighted by Crippen LogP contribution is 2.22. The third-order valence-corrected chi connectivity index (χ3v) is 3.76. The summed E-state index contributed by atoms with van der Waals surface area (Å²) in [5.41, 5.74) is 1.32. The van der Waals surface area contributed by atoms with Gasteiger partial charge in [0.05, 0.1) is 6.42 Å². The number of benzene rings is 1. The van der Waals surface area contributed by atoms with Gasteiger partial charge in [0.2, 0.25) is 0 Å². The van der Waals surface area contributed by atoms with Crippen molar-refractivity contribution in [2.45, 2.75) is 38.4 Å². The molecule has 0 saturated carbocycles. The summed E-state index contributed by atoms with van der Waals surface area (Å²) in [6.45, 7) is 6.84. The number of hydrogen-bond donors (Lipinski definition) is 2. The van der Waals surface area contributed by atoms with Crippen LogP contribution in [-0.2, 0) is 11.3 Å². The first-order valence-electron chi connectivity index (χ1n) is 6.71. The van der Waals surface area contributed by atoms with Gasteiger partial charge in [-0.1, -0.05) is 30.3 Å². The summed E-state index contributed by atoms with van der Waals surface area (Å²) in [7, 11) is 0. The van der Waals surface area contributed by atoms with Gasteiger partial charge in [-0.2, -0.15) is 0 Å². The number of hydrogen-bond acceptors (Lipinski definition) is 3. The fourth-order valence-electron chi connectivity index (χ4n) is 2.51. The summed E-state index contributed by atoms with van der Waals surface area (Å²) in [5.74, 6) is -0.739. The highest BCUT2D eigenvalue weighted by atomic mass is 16.4. The predicted octanol–water partition coefficient (Wildman–Crippen LogP) is 1.71. The largest absolute Gasteiger partial charge is 0.481 e. The molecule has 1 saturated heterocycles. The van der Waals surface area contributed by atoms with Gasteiger partial charge in [0, 0.05) is 31.2 Å². The van der Waals surface area contributed by atoms with E-state index in [1.807, 2.05) is 18.2 Å². The summed E-state index contributed by atoms with van der Waals surface area (Å²) in [5, 5.41) is 12.2. The molecule has 0 aromatic heterocycles. The van der Waals surface area contributed by atoms with Crippen molar-refractivity contribution in [2.24, 2.45) is 0 Å². The molecule has 1 heterocycles. The summed E-state index contributed by atoms with van der Waals surface area (Å²) in [6, 6.07) is 10.4. The Morgan fingerprint density at radius 2 is 2.11 bits per heavy atom. The van der Waals surface area contributed by atoms with Crippen molar-refractivity contribution in [3.63, 3.8) is 0 Å². The van der Waals surface area contributed by atoms with Crippen molar-refractivity contribution in [2.75, 3.05) is 13.1 Å². The van der Waals surface area contributed by atoms with E-state index in [2.05, 4.69) is 36.2 Å². The minimum Gasteiger partial charge on any atom is -0.481 e. The predicted molar refractivity (Wildman–Crippen MR) is 75.0 cm³/mol. The topological polar surface area (TPSA) is 52.6 Å². The fourth-order valence-corrected chi connectivity index (χ4v) is 2.51. The number of rotatable bonds is 4. The van der Waals surface area contributed by atoms with Crippen LogP contribution in [0.5, 0.6) is 0 Å². The highest BCUT2D eigenvalue weighted by Gasteiger charge is 2.34. The smallest absolute Gasteiger partial charge is 0.304 e. The van der Waals surface area contributed by atoms with Crippen LogP contribution in [0.1, 0.15) is 25.8 Å². The monoisotopic (exact) mass is 262 g/mol. The van der Waals surface area contributed by atoms with Gasteiger partial charge >= 0.3 is 5.97 Å². The Morgan fingerprint density at radius 1 is 1.42 bits per heavy atom. The average molecular weight is 262 g/mol. The molecule has 1 aliphatic rings. The number of nitrogens with one attached hydrogen (secondary N) is 1. The Hall–Kier alpha value is -1.39. The number of carbonyl (C=O) groups is 1. The summed E-state index contributed by atoms with van der Waals surface area (Å²) < 4.78 is 0. The first-order valence-corrected chi connectivity index (χ1v) is 6.71. The fraction of sp³-hybridized carbons (Fsp3) is 0.533. The molecule has 1 aliphatic heterocycles. The van der Waals surface area contributed by atoms with Crippen molar-refractivity contribution < 1.29 is 9.90 Å². The van der Waals surface area contributed by atoms with E-state index in [0.717, 1.165) is 19.6 Å². The second-order valence-electron chi connectivity index (χ2n) is 5.85. The maximum Gasteiger partial charge on any atom is 0.304 e. The van der Waals surface area contributed by atoms with Crippen molar-refractivity contribution in [3.8, 4) is 0 Å². The van der Waals surface area contributed by atoms with Crippen LogP contribution in [0.2, 0.25) is 0 Å². The standard InChI is InChI=1S/C15H22N2O2/c1-15(2)11-16-13(8-14(18)19)10-17(15)9-12-6-4-3-5-7-12/h3-7,13,16H,8-11H2,1-2H3,(H,18,19). The molecule has 104 valence electrons. The van der Waals surface area contributed by atoms with Crippen molar-refractivity contribution in [3.05, 3.63) is 35.9 Å². The van der Waals surface area contributed by atoms with Gasteiger partial charge in [0.1, 0.15) is 0 Å². The Labute approximate surface area is 114 Å². The van der Waals surface area contributed by atoms with E-state index >= 15 is 0 Å². The molecule has 0 aliphatic carbocycles. The van der Waals surface area contributed by atoms with Crippen LogP contribution in [-0.4, -0.2) is 40.6 Å². The van der Waals surface area contributed by atoms with Gasteiger partial charge in [-0.25, -0.2) is 0 Å². The summed E-state index contributed by atoms with van der Waals surface area (Å²) >= 11 is 0. The van der Waals surface area contributed by atoms with Gasteiger partial charge in [-0.15, -0.1) is 0 Å². The molecular weight excluding hydrogens is 240 g/mol. The molecule has 0 amide bonds. The number of carboxylic acids is 1. The highest BCUT2D eigenvalue weighted by molar-refractivity contribution is 5.67. The molecule has 2 rings (SSSR count). The zero-order chi connectivity index (χ0) is 13.9. The molecule has 19 heavy (non-hydrogen) atoms. The van der Waals surface area contributed by atoms with Crippen molar-refractivity contribution in [1.82, 2.24) is 10.2 Å². The molecule has 1 aromatic rings. The number of aliphatic carboxylic acids is 1. The molecule has 1 unspecified atom stereocenters. The van der Waals surface area contributed by atoms with E-state index in [0.29, 0.717) is 0 Å². The van der Waals surface area contributed by atoms with Gasteiger partial charge in [0.25, 0.3) is 0 Å². The van der Waals surface area contributed by atoms with Crippen molar-refractivity contribution >= 4 is 5.97 Å². The molecule has 1 atom stereocenters. The molecule has 0 bridgehead atoms. The van der Waals surface area contributed by atoms with Gasteiger partial charge in [0.15, 0.2) is 0 Å². The van der Waals surface area contributed by atoms with Gasteiger partial charge in [-0.05, 0) is 19.4 Å². The molecule has 1 aromatic carbocycles. The maximum atomic E-state index is 10.8. The number of piperazine rings is 1. The van der Waals surface area contributed by atoms with E-state index in [9.17, 15) is 4.79 Å². The number of nitrogens with zero attached hydrogens (tertiary/aromatic N) is 1. The van der Waals surface area contributed by atoms with Crippen LogP contribution in [0, 0.1) is 0 Å². The number of carboxylic acid groups (broad SMARTS) is 1. The zero-order valence-electron chi connectivity index (χ0n) is 11.6. The average Bonchev–Trinajstić information content (AvgIpc) is 2.34. The second-order valence-corrected chi connectivity index (χ2v) is 5.85. The first kappa shape index (κ1) is 14.0. The Morgan fingerprint density at radius 3 is 2.74 bits per heavy atom. The van der Waals surface area contributed by atoms with Crippen LogP contribution in [0.4, 0.5) is 0 Å². The van der Waals surface area contributed by atoms with Crippen LogP contribution in [0.3, 0.4) is 0 Å². The van der Waals surface area contributed by atoms with Crippen LogP contribution in [0.25, 0.3) is 0 Å². The first-order chi connectivity index (χ1) is 8.97. The van der Waals surface area contributed by atoms with E-state index in [1.54, 1.807) is 0 Å². The molecular formula is C15H22N2O2. The summed E-state index contributed by atoms with van der Waals surface area (Å²) in [4.78, 5) is 13.2. The molecule has 2 N–H and O–H groups in total. The van der Waals surface area contributed by atoms with E-state index in [1.165, 1.54) is 5.56 Å². The van der Waals surface area contributed by atoms with Crippen LogP contribution in [0.15, 0.2) is 30.3 Å². The van der Waals surface area contributed by atoms with E-state index in [-0.39, 0.29) is 18.0 Å². The molecule has 1 fully saturated rings. The third-order valence-electron chi connectivity index (χ3n) is 3.76. The third kappa shape index (κ3) is 3.78. The Bertz CT molecular complexity index is 431. The summed E-state index contributed by atoms with van der Waals surface area (Å²) in [6.07, 6.45) is 0.182. The maximum absolute atomic E-state index is 10.8. The van der Waals surface area contributed by atoms with E-state index < -0.39 is 5.97 Å². The Kier molecular flexibility index (Phi) is 4.22. The van der Waals surface area contributed by atoms with Gasteiger partial charge < -0.3 is 10.4 Å². The lowest BCUT2D eigenvalue weighted by Crippen LogP contribution is -2.61. The lowest BCUT2D eigenvalue weighted by Gasteiger charge is -2.46. The molecule has 4 heteroatoms. The normalized spacial score (nSPS) is 23.2. The van der Waals surface area contributed by atoms with Crippen LogP contribution < -0.4 is 5.32 Å². The van der Waals surface area contributed by atoms with Gasteiger partial charge in [-0.3, -0.25) is 9.69 Å². The Balaban J connectivity index is 2.04. The second kappa shape index (κ2) is 5.72. The molecule has 4 nitrogen and oxygen atoms in total. The SMILES string of the molecule is CC1(C)CNC(CC(=O)O)CN1Cc1ccccc1. The van der Waals surface area contributed by atoms with Crippen molar-refractivity contribution in [1.29, 1.82) is 0 Å². The van der Waals surface area contributed by atoms with E-state index in [4.69, 9.17) is 5.11 Å². The lowest BCUT2D eigenvalue weighted by molar-refractivity contribution is -0.138. The minimum absolute atomic E-state index is 0.0363. The van der Waals surface area contributed by atoms with Crippen LogP contribution >= 0.6 is 0 Å².